The molecule has 5 nitrogen and oxygen atoms in total. The van der Waals surface area contributed by atoms with Gasteiger partial charge in [0.15, 0.2) is 0 Å². The number of fused-ring (bicyclic) bond motifs is 1. The predicted molar refractivity (Wildman–Crippen MR) is 92.2 cm³/mol. The number of aromatic nitrogens is 2. The van der Waals surface area contributed by atoms with Crippen LogP contribution in [0, 0.1) is 11.6 Å². The maximum atomic E-state index is 14.0. The zero-order valence-corrected chi connectivity index (χ0v) is 13.9. The lowest BCUT2D eigenvalue weighted by Gasteiger charge is -2.06. The number of benzene rings is 2. The maximum absolute atomic E-state index is 14.0. The van der Waals surface area contributed by atoms with Gasteiger partial charge in [0.2, 0.25) is 0 Å². The number of halogens is 2. The molecule has 0 aliphatic carbocycles. The number of carbonyl (C=O) groups excluding carboxylic acids is 1. The van der Waals surface area contributed by atoms with Gasteiger partial charge < -0.3 is 9.84 Å². The quantitative estimate of drug-likeness (QED) is 0.562. The van der Waals surface area contributed by atoms with E-state index in [2.05, 4.69) is 9.84 Å². The number of rotatable bonds is 5. The SMILES string of the molecule is COC(=O)/C=C/c1nn(Cc2ccc(F)cc2F)c2cc(CO)ccc12. The Labute approximate surface area is 148 Å². The van der Waals surface area contributed by atoms with Gasteiger partial charge in [-0.15, -0.1) is 0 Å². The Kier molecular flexibility index (Phi) is 5.09. The van der Waals surface area contributed by atoms with Gasteiger partial charge in [0.1, 0.15) is 11.6 Å². The number of carbonyl (C=O) groups is 1. The number of esters is 1. The summed E-state index contributed by atoms with van der Waals surface area (Å²) in [5.41, 5.74) is 2.10. The lowest BCUT2D eigenvalue weighted by Crippen LogP contribution is -2.04. The number of ether oxygens (including phenoxy) is 1. The fraction of sp³-hybridized carbons (Fsp3) is 0.158. The van der Waals surface area contributed by atoms with E-state index in [1.165, 1.54) is 31.4 Å². The van der Waals surface area contributed by atoms with E-state index < -0.39 is 17.6 Å². The second-order valence-corrected chi connectivity index (χ2v) is 5.64. The van der Waals surface area contributed by atoms with E-state index in [0.29, 0.717) is 16.8 Å². The fourth-order valence-corrected chi connectivity index (χ4v) is 2.61. The molecular formula is C19H16F2N2O3. The van der Waals surface area contributed by atoms with Crippen LogP contribution in [0.25, 0.3) is 17.0 Å². The molecule has 1 heterocycles. The molecule has 1 aromatic heterocycles. The monoisotopic (exact) mass is 358 g/mol. The van der Waals surface area contributed by atoms with Crippen molar-refractivity contribution in [1.29, 1.82) is 0 Å². The van der Waals surface area contributed by atoms with Crippen molar-refractivity contribution >= 4 is 22.9 Å². The number of hydrogen-bond acceptors (Lipinski definition) is 4. The summed E-state index contributed by atoms with van der Waals surface area (Å²) >= 11 is 0. The van der Waals surface area contributed by atoms with Crippen LogP contribution in [0.3, 0.4) is 0 Å². The van der Waals surface area contributed by atoms with Gasteiger partial charge in [-0.05, 0) is 23.8 Å². The highest BCUT2D eigenvalue weighted by Gasteiger charge is 2.12. The molecule has 0 aliphatic rings. The van der Waals surface area contributed by atoms with Crippen LogP contribution in [0.5, 0.6) is 0 Å². The van der Waals surface area contributed by atoms with E-state index in [4.69, 9.17) is 0 Å². The predicted octanol–water partition coefficient (Wildman–Crippen LogP) is 3.04. The Balaban J connectivity index is 2.08. The molecule has 0 saturated carbocycles. The Morgan fingerprint density at radius 2 is 2.08 bits per heavy atom. The van der Waals surface area contributed by atoms with Crippen molar-refractivity contribution in [3.8, 4) is 0 Å². The molecule has 0 saturated heterocycles. The fourth-order valence-electron chi connectivity index (χ4n) is 2.61. The van der Waals surface area contributed by atoms with Crippen molar-refractivity contribution in [3.63, 3.8) is 0 Å². The molecule has 0 fully saturated rings. The number of nitrogens with zero attached hydrogens (tertiary/aromatic N) is 2. The maximum Gasteiger partial charge on any atom is 0.330 e. The second-order valence-electron chi connectivity index (χ2n) is 5.64. The molecule has 0 bridgehead atoms. The highest BCUT2D eigenvalue weighted by Crippen LogP contribution is 2.23. The zero-order valence-electron chi connectivity index (χ0n) is 13.9. The lowest BCUT2D eigenvalue weighted by molar-refractivity contribution is -0.134. The van der Waals surface area contributed by atoms with Gasteiger partial charge in [-0.1, -0.05) is 18.2 Å². The van der Waals surface area contributed by atoms with E-state index in [0.717, 1.165) is 11.5 Å². The van der Waals surface area contributed by atoms with Gasteiger partial charge in [0.25, 0.3) is 0 Å². The van der Waals surface area contributed by atoms with Crippen molar-refractivity contribution < 1.29 is 23.4 Å². The molecule has 3 rings (SSSR count). The Morgan fingerprint density at radius 3 is 2.77 bits per heavy atom. The highest BCUT2D eigenvalue weighted by molar-refractivity contribution is 5.93. The molecular weight excluding hydrogens is 342 g/mol. The first-order chi connectivity index (χ1) is 12.5. The highest BCUT2D eigenvalue weighted by atomic mass is 19.1. The van der Waals surface area contributed by atoms with E-state index in [9.17, 15) is 18.7 Å². The number of aliphatic hydroxyl groups is 1. The van der Waals surface area contributed by atoms with Crippen LogP contribution in [-0.4, -0.2) is 28.0 Å². The van der Waals surface area contributed by atoms with Crippen LogP contribution in [-0.2, 0) is 22.7 Å². The summed E-state index contributed by atoms with van der Waals surface area (Å²) in [6.07, 6.45) is 2.74. The van der Waals surface area contributed by atoms with Gasteiger partial charge in [0.05, 0.1) is 31.5 Å². The van der Waals surface area contributed by atoms with Crippen LogP contribution < -0.4 is 0 Å². The third-order valence-corrected chi connectivity index (χ3v) is 3.94. The van der Waals surface area contributed by atoms with Gasteiger partial charge >= 0.3 is 5.97 Å². The van der Waals surface area contributed by atoms with Gasteiger partial charge in [-0.3, -0.25) is 4.68 Å². The second kappa shape index (κ2) is 7.45. The lowest BCUT2D eigenvalue weighted by atomic mass is 10.1. The molecule has 0 atom stereocenters. The third kappa shape index (κ3) is 3.62. The topological polar surface area (TPSA) is 64.3 Å². The van der Waals surface area contributed by atoms with Gasteiger partial charge in [-0.25, -0.2) is 13.6 Å². The van der Waals surface area contributed by atoms with Crippen LogP contribution in [0.1, 0.15) is 16.8 Å². The average molecular weight is 358 g/mol. The molecule has 1 N–H and O–H groups in total. The Hall–Kier alpha value is -3.06. The molecule has 134 valence electrons. The molecule has 7 heteroatoms. The van der Waals surface area contributed by atoms with Gasteiger partial charge in [-0.2, -0.15) is 5.10 Å². The summed E-state index contributed by atoms with van der Waals surface area (Å²) in [5, 5.41) is 14.5. The first-order valence-electron chi connectivity index (χ1n) is 7.82. The largest absolute Gasteiger partial charge is 0.466 e. The first kappa shape index (κ1) is 17.8. The number of aliphatic hydroxyl groups excluding tert-OH is 1. The normalized spacial score (nSPS) is 11.4. The smallest absolute Gasteiger partial charge is 0.330 e. The summed E-state index contributed by atoms with van der Waals surface area (Å²) in [5.74, 6) is -1.84. The van der Waals surface area contributed by atoms with E-state index in [1.807, 2.05) is 0 Å². The van der Waals surface area contributed by atoms with Crippen LogP contribution in [0.4, 0.5) is 8.78 Å². The van der Waals surface area contributed by atoms with Crippen molar-refractivity contribution in [2.75, 3.05) is 7.11 Å². The standard InChI is InChI=1S/C19H16F2N2O3/c1-26-19(25)7-6-17-15-5-2-12(11-24)8-18(15)23(22-17)10-13-3-4-14(20)9-16(13)21/h2-9,24H,10-11H2,1H3/b7-6+. The molecule has 26 heavy (non-hydrogen) atoms. The van der Waals surface area contributed by atoms with Crippen molar-refractivity contribution in [1.82, 2.24) is 9.78 Å². The summed E-state index contributed by atoms with van der Waals surface area (Å²) in [6, 6.07) is 8.60. The minimum atomic E-state index is -0.668. The van der Waals surface area contributed by atoms with Crippen molar-refractivity contribution in [2.45, 2.75) is 13.2 Å². The van der Waals surface area contributed by atoms with E-state index >= 15 is 0 Å². The molecule has 3 aromatic rings. The zero-order chi connectivity index (χ0) is 18.7. The Bertz CT molecular complexity index is 996. The molecule has 0 unspecified atom stereocenters. The van der Waals surface area contributed by atoms with Crippen LogP contribution in [0.15, 0.2) is 42.5 Å². The molecule has 0 radical (unpaired) electrons. The van der Waals surface area contributed by atoms with Crippen molar-refractivity contribution in [3.05, 3.63) is 70.9 Å². The minimum Gasteiger partial charge on any atom is -0.466 e. The average Bonchev–Trinajstić information content (AvgIpc) is 2.98. The van der Waals surface area contributed by atoms with E-state index in [1.54, 1.807) is 22.9 Å². The summed E-state index contributed by atoms with van der Waals surface area (Å²) < 4.78 is 33.2. The molecule has 0 amide bonds. The summed E-state index contributed by atoms with van der Waals surface area (Å²) in [7, 11) is 1.27. The summed E-state index contributed by atoms with van der Waals surface area (Å²) in [4.78, 5) is 11.3. The third-order valence-electron chi connectivity index (χ3n) is 3.94. The number of hydrogen-bond donors (Lipinski definition) is 1. The summed E-state index contributed by atoms with van der Waals surface area (Å²) in [6.45, 7) is -0.0804. The molecule has 0 spiro atoms. The van der Waals surface area contributed by atoms with Crippen LogP contribution in [0.2, 0.25) is 0 Å². The molecule has 2 aromatic carbocycles. The van der Waals surface area contributed by atoms with Crippen LogP contribution >= 0.6 is 0 Å². The Morgan fingerprint density at radius 1 is 1.27 bits per heavy atom. The molecule has 0 aliphatic heterocycles. The van der Waals surface area contributed by atoms with E-state index in [-0.39, 0.29) is 18.7 Å². The number of methoxy groups -OCH3 is 1. The first-order valence-corrected chi connectivity index (χ1v) is 7.82. The van der Waals surface area contributed by atoms with Crippen molar-refractivity contribution in [2.24, 2.45) is 0 Å². The van der Waals surface area contributed by atoms with Gasteiger partial charge in [0, 0.05) is 23.1 Å². The minimum absolute atomic E-state index is 0.0730.